The van der Waals surface area contributed by atoms with E-state index in [2.05, 4.69) is 17.3 Å². The third-order valence-electron chi connectivity index (χ3n) is 3.16. The van der Waals surface area contributed by atoms with Gasteiger partial charge in [-0.2, -0.15) is 0 Å². The zero-order valence-electron chi connectivity index (χ0n) is 8.87. The number of rotatable bonds is 1. The minimum absolute atomic E-state index is 0. The van der Waals surface area contributed by atoms with Crippen molar-refractivity contribution in [2.75, 3.05) is 33.3 Å². The lowest BCUT2D eigenvalue weighted by molar-refractivity contribution is -0.0499. The van der Waals surface area contributed by atoms with Crippen molar-refractivity contribution in [2.45, 2.75) is 25.5 Å². The van der Waals surface area contributed by atoms with Gasteiger partial charge in [-0.25, -0.2) is 0 Å². The summed E-state index contributed by atoms with van der Waals surface area (Å²) in [5.74, 6) is 0.747. The van der Waals surface area contributed by atoms with Crippen LogP contribution in [0.1, 0.15) is 19.3 Å². The van der Waals surface area contributed by atoms with Crippen LogP contribution in [0.15, 0.2) is 0 Å². The van der Waals surface area contributed by atoms with E-state index in [4.69, 9.17) is 4.74 Å². The molecule has 0 amide bonds. The number of likely N-dealkylation sites (tertiary alicyclic amines) is 1. The molecule has 0 bridgehead atoms. The summed E-state index contributed by atoms with van der Waals surface area (Å²) < 4.78 is 5.72. The Balaban J connectivity index is 0.000000980. The summed E-state index contributed by atoms with van der Waals surface area (Å²) in [5.41, 5.74) is 0. The molecule has 0 saturated carbocycles. The van der Waals surface area contributed by atoms with E-state index in [1.54, 1.807) is 0 Å². The van der Waals surface area contributed by atoms with Crippen molar-refractivity contribution in [3.05, 3.63) is 0 Å². The Morgan fingerprint density at radius 3 is 2.57 bits per heavy atom. The molecule has 2 aliphatic rings. The van der Waals surface area contributed by atoms with Crippen LogP contribution in [-0.2, 0) is 4.74 Å². The van der Waals surface area contributed by atoms with Crippen molar-refractivity contribution in [1.82, 2.24) is 10.2 Å². The third kappa shape index (κ3) is 3.09. The maximum atomic E-state index is 5.72. The molecule has 1 N–H and O–H groups in total. The van der Waals surface area contributed by atoms with Crippen molar-refractivity contribution in [1.29, 1.82) is 0 Å². The normalized spacial score (nSPS) is 31.1. The highest BCUT2D eigenvalue weighted by atomic mass is 35.5. The van der Waals surface area contributed by atoms with Gasteiger partial charge in [0, 0.05) is 12.5 Å². The standard InChI is InChI=1S/C10H20N2O.ClH/c1-12-6-3-9(4-7-12)10-11-5-2-8-13-10;/h9-11H,2-8H2,1H3;1H. The van der Waals surface area contributed by atoms with Crippen LogP contribution in [0.4, 0.5) is 0 Å². The molecule has 2 fully saturated rings. The van der Waals surface area contributed by atoms with E-state index in [1.807, 2.05) is 0 Å². The molecule has 0 aromatic heterocycles. The molecule has 2 saturated heterocycles. The molecular formula is C10H21ClN2O. The van der Waals surface area contributed by atoms with Crippen LogP contribution in [0, 0.1) is 5.92 Å². The van der Waals surface area contributed by atoms with Gasteiger partial charge in [0.05, 0.1) is 0 Å². The Hall–Kier alpha value is 0.170. The minimum Gasteiger partial charge on any atom is -0.363 e. The second-order valence-electron chi connectivity index (χ2n) is 4.24. The molecule has 1 unspecified atom stereocenters. The first kappa shape index (κ1) is 12.2. The fourth-order valence-electron chi connectivity index (χ4n) is 2.22. The van der Waals surface area contributed by atoms with E-state index >= 15 is 0 Å². The van der Waals surface area contributed by atoms with E-state index < -0.39 is 0 Å². The molecule has 4 heteroatoms. The van der Waals surface area contributed by atoms with Gasteiger partial charge in [-0.1, -0.05) is 0 Å². The first-order chi connectivity index (χ1) is 6.36. The topological polar surface area (TPSA) is 24.5 Å². The van der Waals surface area contributed by atoms with Gasteiger partial charge < -0.3 is 9.64 Å². The molecule has 2 rings (SSSR count). The van der Waals surface area contributed by atoms with E-state index in [9.17, 15) is 0 Å². The van der Waals surface area contributed by atoms with Gasteiger partial charge in [-0.3, -0.25) is 5.32 Å². The van der Waals surface area contributed by atoms with E-state index in [0.29, 0.717) is 6.23 Å². The van der Waals surface area contributed by atoms with Gasteiger partial charge >= 0.3 is 0 Å². The summed E-state index contributed by atoms with van der Waals surface area (Å²) in [6.07, 6.45) is 4.09. The first-order valence-electron chi connectivity index (χ1n) is 5.40. The fourth-order valence-corrected chi connectivity index (χ4v) is 2.22. The van der Waals surface area contributed by atoms with Gasteiger partial charge in [0.15, 0.2) is 0 Å². The number of nitrogens with one attached hydrogen (secondary N) is 1. The Morgan fingerprint density at radius 1 is 1.29 bits per heavy atom. The molecule has 14 heavy (non-hydrogen) atoms. The highest BCUT2D eigenvalue weighted by molar-refractivity contribution is 5.85. The number of halogens is 1. The van der Waals surface area contributed by atoms with E-state index in [-0.39, 0.29) is 12.4 Å². The largest absolute Gasteiger partial charge is 0.363 e. The summed E-state index contributed by atoms with van der Waals surface area (Å²) >= 11 is 0. The average molecular weight is 221 g/mol. The van der Waals surface area contributed by atoms with Crippen molar-refractivity contribution < 1.29 is 4.74 Å². The monoisotopic (exact) mass is 220 g/mol. The van der Waals surface area contributed by atoms with Crippen LogP contribution in [0.3, 0.4) is 0 Å². The Morgan fingerprint density at radius 2 is 2.00 bits per heavy atom. The maximum Gasteiger partial charge on any atom is 0.111 e. The molecular weight excluding hydrogens is 200 g/mol. The van der Waals surface area contributed by atoms with Crippen molar-refractivity contribution in [3.63, 3.8) is 0 Å². The van der Waals surface area contributed by atoms with Crippen LogP contribution in [-0.4, -0.2) is 44.4 Å². The number of hydrogen-bond donors (Lipinski definition) is 1. The Bertz CT molecular complexity index is 154. The summed E-state index contributed by atoms with van der Waals surface area (Å²) in [7, 11) is 2.20. The summed E-state index contributed by atoms with van der Waals surface area (Å²) in [6.45, 7) is 4.54. The lowest BCUT2D eigenvalue weighted by Crippen LogP contribution is -2.47. The second kappa shape index (κ2) is 5.91. The van der Waals surface area contributed by atoms with Crippen LogP contribution in [0.5, 0.6) is 0 Å². The quantitative estimate of drug-likeness (QED) is 0.716. The molecule has 1 atom stereocenters. The molecule has 0 spiro atoms. The van der Waals surface area contributed by atoms with Gasteiger partial charge in [-0.15, -0.1) is 12.4 Å². The highest BCUT2D eigenvalue weighted by Crippen LogP contribution is 2.21. The predicted octanol–water partition coefficient (Wildman–Crippen LogP) is 1.09. The first-order valence-corrected chi connectivity index (χ1v) is 5.40. The van der Waals surface area contributed by atoms with Crippen LogP contribution < -0.4 is 5.32 Å². The van der Waals surface area contributed by atoms with Gasteiger partial charge in [0.1, 0.15) is 6.23 Å². The van der Waals surface area contributed by atoms with Crippen LogP contribution in [0.2, 0.25) is 0 Å². The summed E-state index contributed by atoms with van der Waals surface area (Å²) in [6, 6.07) is 0. The van der Waals surface area contributed by atoms with Crippen molar-refractivity contribution >= 4 is 12.4 Å². The SMILES string of the molecule is CN1CCC(C2NCCCO2)CC1.Cl. The molecule has 84 valence electrons. The number of piperidine rings is 1. The lowest BCUT2D eigenvalue weighted by Gasteiger charge is -2.36. The number of ether oxygens (including phenoxy) is 1. The Kier molecular flexibility index (Phi) is 5.17. The third-order valence-corrected chi connectivity index (χ3v) is 3.16. The van der Waals surface area contributed by atoms with Gasteiger partial charge in [0.2, 0.25) is 0 Å². The van der Waals surface area contributed by atoms with Gasteiger partial charge in [-0.05, 0) is 45.9 Å². The predicted molar refractivity (Wildman–Crippen MR) is 59.8 cm³/mol. The Labute approximate surface area is 92.6 Å². The van der Waals surface area contributed by atoms with Crippen molar-refractivity contribution in [3.8, 4) is 0 Å². The van der Waals surface area contributed by atoms with Crippen LogP contribution in [0.25, 0.3) is 0 Å². The molecule has 0 aromatic rings. The van der Waals surface area contributed by atoms with E-state index in [1.165, 1.54) is 32.4 Å². The van der Waals surface area contributed by atoms with Gasteiger partial charge in [0.25, 0.3) is 0 Å². The maximum absolute atomic E-state index is 5.72. The smallest absolute Gasteiger partial charge is 0.111 e. The average Bonchev–Trinajstić information content (AvgIpc) is 2.20. The zero-order chi connectivity index (χ0) is 9.10. The van der Waals surface area contributed by atoms with Crippen molar-refractivity contribution in [2.24, 2.45) is 5.92 Å². The molecule has 3 nitrogen and oxygen atoms in total. The second-order valence-corrected chi connectivity index (χ2v) is 4.24. The minimum atomic E-state index is 0. The molecule has 2 heterocycles. The lowest BCUT2D eigenvalue weighted by atomic mass is 9.95. The molecule has 2 aliphatic heterocycles. The number of nitrogens with zero attached hydrogens (tertiary/aromatic N) is 1. The molecule has 0 aromatic carbocycles. The summed E-state index contributed by atoms with van der Waals surface area (Å²) in [5, 5.41) is 3.46. The highest BCUT2D eigenvalue weighted by Gasteiger charge is 2.26. The fraction of sp³-hybridized carbons (Fsp3) is 1.00. The zero-order valence-corrected chi connectivity index (χ0v) is 9.68. The molecule has 0 aliphatic carbocycles. The molecule has 0 radical (unpaired) electrons. The van der Waals surface area contributed by atoms with E-state index in [0.717, 1.165) is 19.1 Å². The number of hydrogen-bond acceptors (Lipinski definition) is 3. The summed E-state index contributed by atoms with van der Waals surface area (Å²) in [4.78, 5) is 2.40. The van der Waals surface area contributed by atoms with Crippen LogP contribution >= 0.6 is 12.4 Å².